The van der Waals surface area contributed by atoms with Crippen LogP contribution in [0.2, 0.25) is 0 Å². The van der Waals surface area contributed by atoms with E-state index in [2.05, 4.69) is 5.10 Å². The lowest BCUT2D eigenvalue weighted by atomic mass is 10.2. The van der Waals surface area contributed by atoms with Gasteiger partial charge in [0.25, 0.3) is 0 Å². The Bertz CT molecular complexity index is 711. The first kappa shape index (κ1) is 15.2. The first-order valence-corrected chi connectivity index (χ1v) is 8.76. The van der Waals surface area contributed by atoms with Crippen molar-refractivity contribution in [3.63, 3.8) is 0 Å². The van der Waals surface area contributed by atoms with Gasteiger partial charge < -0.3 is 4.74 Å². The standard InChI is InChI=1S/C15H19N3O3S/c1-2-13-12-21-11-10-18(13)22(19,20)15-6-4-14(5-7-15)17-9-3-8-16-17/h3-9,13H,2,10-12H2,1H3/t13-/m0/s1. The monoisotopic (exact) mass is 321 g/mol. The van der Waals surface area contributed by atoms with E-state index >= 15 is 0 Å². The van der Waals surface area contributed by atoms with Gasteiger partial charge in [0, 0.05) is 25.0 Å². The van der Waals surface area contributed by atoms with Crippen LogP contribution in [0.4, 0.5) is 0 Å². The number of hydrogen-bond donors (Lipinski definition) is 0. The van der Waals surface area contributed by atoms with Gasteiger partial charge in [-0.05, 0) is 36.8 Å². The van der Waals surface area contributed by atoms with Crippen LogP contribution in [0.5, 0.6) is 0 Å². The number of nitrogens with zero attached hydrogens (tertiary/aromatic N) is 3. The van der Waals surface area contributed by atoms with Crippen molar-refractivity contribution >= 4 is 10.0 Å². The summed E-state index contributed by atoms with van der Waals surface area (Å²) in [6.07, 6.45) is 4.24. The van der Waals surface area contributed by atoms with Crippen LogP contribution in [0.15, 0.2) is 47.6 Å². The van der Waals surface area contributed by atoms with Crippen LogP contribution >= 0.6 is 0 Å². The Morgan fingerprint density at radius 3 is 2.73 bits per heavy atom. The number of rotatable bonds is 4. The highest BCUT2D eigenvalue weighted by Gasteiger charge is 2.32. The second kappa shape index (κ2) is 6.20. The molecule has 1 atom stereocenters. The van der Waals surface area contributed by atoms with Crippen molar-refractivity contribution in [2.24, 2.45) is 0 Å². The Morgan fingerprint density at radius 2 is 2.09 bits per heavy atom. The lowest BCUT2D eigenvalue weighted by Gasteiger charge is -2.33. The van der Waals surface area contributed by atoms with E-state index in [4.69, 9.17) is 4.74 Å². The molecule has 1 aliphatic heterocycles. The fraction of sp³-hybridized carbons (Fsp3) is 0.400. The zero-order valence-corrected chi connectivity index (χ0v) is 13.2. The van der Waals surface area contributed by atoms with E-state index < -0.39 is 10.0 Å². The molecule has 118 valence electrons. The smallest absolute Gasteiger partial charge is 0.243 e. The van der Waals surface area contributed by atoms with Gasteiger partial charge in [-0.15, -0.1) is 0 Å². The maximum atomic E-state index is 12.8. The van der Waals surface area contributed by atoms with E-state index in [1.54, 1.807) is 39.4 Å². The Labute approximate surface area is 130 Å². The highest BCUT2D eigenvalue weighted by atomic mass is 32.2. The average Bonchev–Trinajstić information content (AvgIpc) is 3.09. The van der Waals surface area contributed by atoms with E-state index in [0.29, 0.717) is 24.7 Å². The highest BCUT2D eigenvalue weighted by Crippen LogP contribution is 2.23. The molecule has 3 rings (SSSR count). The molecule has 1 aliphatic rings. The Kier molecular flexibility index (Phi) is 4.28. The highest BCUT2D eigenvalue weighted by molar-refractivity contribution is 7.89. The summed E-state index contributed by atoms with van der Waals surface area (Å²) in [5, 5.41) is 4.13. The fourth-order valence-corrected chi connectivity index (χ4v) is 4.27. The zero-order chi connectivity index (χ0) is 15.6. The molecule has 0 spiro atoms. The molecule has 0 bridgehead atoms. The number of sulfonamides is 1. The molecule has 1 aromatic heterocycles. The van der Waals surface area contributed by atoms with Gasteiger partial charge in [0.2, 0.25) is 10.0 Å². The van der Waals surface area contributed by atoms with Crippen LogP contribution in [0, 0.1) is 0 Å². The molecule has 2 heterocycles. The van der Waals surface area contributed by atoms with Crippen molar-refractivity contribution in [3.05, 3.63) is 42.7 Å². The van der Waals surface area contributed by atoms with Crippen molar-refractivity contribution in [2.75, 3.05) is 19.8 Å². The summed E-state index contributed by atoms with van der Waals surface area (Å²) in [5.74, 6) is 0. The minimum Gasteiger partial charge on any atom is -0.378 e. The molecule has 1 saturated heterocycles. The van der Waals surface area contributed by atoms with Crippen LogP contribution in [0.1, 0.15) is 13.3 Å². The SMILES string of the molecule is CC[C@H]1COCCN1S(=O)(=O)c1ccc(-n2cccn2)cc1. The van der Waals surface area contributed by atoms with Gasteiger partial charge in [0.1, 0.15) is 0 Å². The summed E-state index contributed by atoms with van der Waals surface area (Å²) in [6, 6.07) is 8.53. The Hall–Kier alpha value is -1.70. The third kappa shape index (κ3) is 2.79. The molecule has 1 fully saturated rings. The van der Waals surface area contributed by atoms with Gasteiger partial charge in [-0.3, -0.25) is 0 Å². The maximum Gasteiger partial charge on any atom is 0.243 e. The van der Waals surface area contributed by atoms with Crippen LogP contribution in [0.3, 0.4) is 0 Å². The van der Waals surface area contributed by atoms with Crippen molar-refractivity contribution in [1.29, 1.82) is 0 Å². The van der Waals surface area contributed by atoms with Crippen molar-refractivity contribution in [1.82, 2.24) is 14.1 Å². The van der Waals surface area contributed by atoms with E-state index in [1.165, 1.54) is 0 Å². The molecule has 0 radical (unpaired) electrons. The lowest BCUT2D eigenvalue weighted by molar-refractivity contribution is 0.0314. The summed E-state index contributed by atoms with van der Waals surface area (Å²) in [4.78, 5) is 0.309. The summed E-state index contributed by atoms with van der Waals surface area (Å²) < 4.78 is 34.2. The van der Waals surface area contributed by atoms with Gasteiger partial charge in [-0.25, -0.2) is 13.1 Å². The molecule has 0 aliphatic carbocycles. The largest absolute Gasteiger partial charge is 0.378 e. The fourth-order valence-electron chi connectivity index (χ4n) is 2.61. The minimum atomic E-state index is -3.49. The molecule has 1 aromatic carbocycles. The summed E-state index contributed by atoms with van der Waals surface area (Å²) in [6.45, 7) is 3.28. The van der Waals surface area contributed by atoms with Crippen molar-refractivity contribution < 1.29 is 13.2 Å². The Morgan fingerprint density at radius 1 is 1.32 bits per heavy atom. The van der Waals surface area contributed by atoms with Crippen molar-refractivity contribution in [3.8, 4) is 5.69 Å². The topological polar surface area (TPSA) is 64.4 Å². The maximum absolute atomic E-state index is 12.8. The summed E-state index contributed by atoms with van der Waals surface area (Å²) >= 11 is 0. The summed E-state index contributed by atoms with van der Waals surface area (Å²) in [5.41, 5.74) is 0.831. The van der Waals surface area contributed by atoms with Gasteiger partial charge in [0.15, 0.2) is 0 Å². The normalized spacial score (nSPS) is 20.1. The molecule has 0 amide bonds. The molecule has 0 N–H and O–H groups in total. The van der Waals surface area contributed by atoms with Crippen molar-refractivity contribution in [2.45, 2.75) is 24.3 Å². The third-order valence-electron chi connectivity index (χ3n) is 3.86. The van der Waals surface area contributed by atoms with E-state index in [0.717, 1.165) is 12.1 Å². The molecule has 7 heteroatoms. The quantitative estimate of drug-likeness (QED) is 0.859. The minimum absolute atomic E-state index is 0.0930. The third-order valence-corrected chi connectivity index (χ3v) is 5.82. The Balaban J connectivity index is 1.88. The van der Waals surface area contributed by atoms with Crippen LogP contribution < -0.4 is 0 Å². The number of aromatic nitrogens is 2. The number of ether oxygens (including phenoxy) is 1. The lowest BCUT2D eigenvalue weighted by Crippen LogP contribution is -2.48. The van der Waals surface area contributed by atoms with Gasteiger partial charge in [0.05, 0.1) is 23.8 Å². The molecule has 0 unspecified atom stereocenters. The molecule has 0 saturated carbocycles. The first-order chi connectivity index (χ1) is 10.6. The van der Waals surface area contributed by atoms with Gasteiger partial charge >= 0.3 is 0 Å². The predicted molar refractivity (Wildman–Crippen MR) is 82.4 cm³/mol. The zero-order valence-electron chi connectivity index (χ0n) is 12.4. The summed E-state index contributed by atoms with van der Waals surface area (Å²) in [7, 11) is -3.49. The van der Waals surface area contributed by atoms with E-state index in [-0.39, 0.29) is 6.04 Å². The average molecular weight is 321 g/mol. The molecular weight excluding hydrogens is 302 g/mol. The van der Waals surface area contributed by atoms with Crippen LogP contribution in [-0.2, 0) is 14.8 Å². The number of hydrogen-bond acceptors (Lipinski definition) is 4. The molecular formula is C15H19N3O3S. The second-order valence-corrected chi connectivity index (χ2v) is 7.09. The molecule has 6 nitrogen and oxygen atoms in total. The predicted octanol–water partition coefficient (Wildman–Crippen LogP) is 1.67. The second-order valence-electron chi connectivity index (χ2n) is 5.20. The number of morpholine rings is 1. The molecule has 2 aromatic rings. The molecule has 22 heavy (non-hydrogen) atoms. The first-order valence-electron chi connectivity index (χ1n) is 7.32. The van der Waals surface area contributed by atoms with Gasteiger partial charge in [-0.2, -0.15) is 9.40 Å². The van der Waals surface area contributed by atoms with Gasteiger partial charge in [-0.1, -0.05) is 6.92 Å². The van der Waals surface area contributed by atoms with E-state index in [9.17, 15) is 8.42 Å². The van der Waals surface area contributed by atoms with Crippen LogP contribution in [-0.4, -0.2) is 48.3 Å². The van der Waals surface area contributed by atoms with Crippen LogP contribution in [0.25, 0.3) is 5.69 Å². The number of benzene rings is 1. The van der Waals surface area contributed by atoms with E-state index in [1.807, 2.05) is 19.2 Å².